The third kappa shape index (κ3) is 4.60. The molecule has 2 aliphatic heterocycles. The smallest absolute Gasteiger partial charge is 0.0897 e. The summed E-state index contributed by atoms with van der Waals surface area (Å²) in [7, 11) is 0. The Balaban J connectivity index is 1.43. The van der Waals surface area contributed by atoms with Gasteiger partial charge >= 0.3 is 0 Å². The van der Waals surface area contributed by atoms with Gasteiger partial charge in [0.25, 0.3) is 0 Å². The van der Waals surface area contributed by atoms with E-state index in [0.717, 1.165) is 56.9 Å². The van der Waals surface area contributed by atoms with Gasteiger partial charge in [-0.2, -0.15) is 0 Å². The number of benzene rings is 1. The quantitative estimate of drug-likeness (QED) is 0.832. The van der Waals surface area contributed by atoms with Gasteiger partial charge in [0, 0.05) is 36.8 Å². The van der Waals surface area contributed by atoms with E-state index in [1.54, 1.807) is 0 Å². The van der Waals surface area contributed by atoms with Crippen LogP contribution in [-0.2, 0) is 11.3 Å². The monoisotopic (exact) mass is 385 g/mol. The molecule has 0 radical (unpaired) electrons. The Kier molecular flexibility index (Phi) is 5.93. The number of thiazole rings is 1. The Labute approximate surface area is 167 Å². The first-order valence-corrected chi connectivity index (χ1v) is 11.1. The molecule has 2 fully saturated rings. The third-order valence-electron chi connectivity index (χ3n) is 5.99. The topological polar surface area (TPSA) is 37.4 Å². The molecule has 1 aromatic heterocycles. The second-order valence-electron chi connectivity index (χ2n) is 8.02. The summed E-state index contributed by atoms with van der Waals surface area (Å²) < 4.78 is 6.80. The van der Waals surface area contributed by atoms with Gasteiger partial charge in [-0.05, 0) is 44.7 Å². The zero-order valence-electron chi connectivity index (χ0n) is 16.5. The van der Waals surface area contributed by atoms with Gasteiger partial charge in [0.1, 0.15) is 0 Å². The fraction of sp³-hybridized carbons (Fsp3) is 0.591. The highest BCUT2D eigenvalue weighted by atomic mass is 32.1. The number of aryl methyl sites for hydroxylation is 1. The molecule has 0 unspecified atom stereocenters. The number of aromatic nitrogens is 1. The molecule has 2 aromatic rings. The lowest BCUT2D eigenvalue weighted by Crippen LogP contribution is -2.53. The van der Waals surface area contributed by atoms with Crippen LogP contribution in [0.25, 0.3) is 0 Å². The van der Waals surface area contributed by atoms with Crippen LogP contribution < -0.4 is 5.32 Å². The molecule has 146 valence electrons. The van der Waals surface area contributed by atoms with Crippen LogP contribution in [0.15, 0.2) is 36.5 Å². The van der Waals surface area contributed by atoms with E-state index in [2.05, 4.69) is 59.4 Å². The summed E-state index contributed by atoms with van der Waals surface area (Å²) in [6, 6.07) is 11.3. The van der Waals surface area contributed by atoms with Crippen molar-refractivity contribution in [1.29, 1.82) is 0 Å². The van der Waals surface area contributed by atoms with Crippen LogP contribution in [0.5, 0.6) is 0 Å². The number of hydrogen-bond acceptors (Lipinski definition) is 5. The zero-order chi connectivity index (χ0) is 18.7. The lowest BCUT2D eigenvalue weighted by atomic mass is 9.79. The van der Waals surface area contributed by atoms with Gasteiger partial charge in [-0.3, -0.25) is 4.90 Å². The average molecular weight is 386 g/mol. The molecule has 0 bridgehead atoms. The van der Waals surface area contributed by atoms with Crippen LogP contribution in [0.2, 0.25) is 0 Å². The highest BCUT2D eigenvalue weighted by Crippen LogP contribution is 2.43. The second-order valence-corrected chi connectivity index (χ2v) is 9.34. The Morgan fingerprint density at radius 3 is 2.70 bits per heavy atom. The van der Waals surface area contributed by atoms with Crippen molar-refractivity contribution >= 4 is 11.3 Å². The molecular formula is C22H31N3OS. The average Bonchev–Trinajstić information content (AvgIpc) is 3.09. The first kappa shape index (κ1) is 19.1. The molecule has 27 heavy (non-hydrogen) atoms. The van der Waals surface area contributed by atoms with Gasteiger partial charge in [-0.25, -0.2) is 4.98 Å². The van der Waals surface area contributed by atoms with E-state index < -0.39 is 0 Å². The van der Waals surface area contributed by atoms with Crippen LogP contribution in [0.3, 0.4) is 0 Å². The lowest BCUT2D eigenvalue weighted by molar-refractivity contribution is -0.164. The molecule has 2 atom stereocenters. The molecule has 4 rings (SSSR count). The van der Waals surface area contributed by atoms with E-state index in [0.29, 0.717) is 6.04 Å². The minimum Gasteiger partial charge on any atom is -0.367 e. The normalized spacial score (nSPS) is 25.7. The molecule has 3 heterocycles. The van der Waals surface area contributed by atoms with Crippen molar-refractivity contribution in [3.05, 3.63) is 52.0 Å². The van der Waals surface area contributed by atoms with E-state index in [1.165, 1.54) is 10.4 Å². The zero-order valence-corrected chi connectivity index (χ0v) is 17.3. The SMILES string of the molecule is CCN[C@H]1C[C@@H](c2ccccc2)OC2(CCN(Cc3cnc(C)s3)CC2)C1. The molecule has 2 aliphatic rings. The highest BCUT2D eigenvalue weighted by molar-refractivity contribution is 7.11. The summed E-state index contributed by atoms with van der Waals surface area (Å²) in [6.45, 7) is 8.56. The highest BCUT2D eigenvalue weighted by Gasteiger charge is 2.43. The van der Waals surface area contributed by atoms with Crippen molar-refractivity contribution in [2.45, 2.75) is 63.8 Å². The van der Waals surface area contributed by atoms with E-state index in [4.69, 9.17) is 4.74 Å². The minimum absolute atomic E-state index is 0.0196. The summed E-state index contributed by atoms with van der Waals surface area (Å²) in [5, 5.41) is 4.87. The number of piperidine rings is 1. The fourth-order valence-corrected chi connectivity index (χ4v) is 5.48. The largest absolute Gasteiger partial charge is 0.367 e. The molecular weight excluding hydrogens is 354 g/mol. The van der Waals surface area contributed by atoms with Gasteiger partial charge in [0.05, 0.1) is 16.7 Å². The number of nitrogens with one attached hydrogen (secondary N) is 1. The predicted octanol–water partition coefficient (Wildman–Crippen LogP) is 4.32. The molecule has 4 nitrogen and oxygen atoms in total. The first-order chi connectivity index (χ1) is 13.2. The van der Waals surface area contributed by atoms with Crippen molar-refractivity contribution in [2.75, 3.05) is 19.6 Å². The fourth-order valence-electron chi connectivity index (χ4n) is 4.64. The molecule has 1 spiro atoms. The van der Waals surface area contributed by atoms with Crippen LogP contribution in [-0.4, -0.2) is 41.2 Å². The number of nitrogens with zero attached hydrogens (tertiary/aromatic N) is 2. The van der Waals surface area contributed by atoms with Gasteiger partial charge in [0.2, 0.25) is 0 Å². The van der Waals surface area contributed by atoms with Crippen LogP contribution in [0.1, 0.15) is 54.2 Å². The number of likely N-dealkylation sites (tertiary alicyclic amines) is 1. The molecule has 5 heteroatoms. The summed E-state index contributed by atoms with van der Waals surface area (Å²) in [4.78, 5) is 8.34. The maximum Gasteiger partial charge on any atom is 0.0897 e. The van der Waals surface area contributed by atoms with Crippen molar-refractivity contribution < 1.29 is 4.74 Å². The minimum atomic E-state index is 0.0196. The summed E-state index contributed by atoms with van der Waals surface area (Å²) in [6.07, 6.45) is 6.70. The van der Waals surface area contributed by atoms with E-state index in [-0.39, 0.29) is 11.7 Å². The van der Waals surface area contributed by atoms with Gasteiger partial charge < -0.3 is 10.1 Å². The second kappa shape index (κ2) is 8.39. The lowest BCUT2D eigenvalue weighted by Gasteiger charge is -2.49. The number of hydrogen-bond donors (Lipinski definition) is 1. The maximum atomic E-state index is 6.80. The third-order valence-corrected chi connectivity index (χ3v) is 6.89. The van der Waals surface area contributed by atoms with Crippen molar-refractivity contribution in [3.8, 4) is 0 Å². The standard InChI is InChI=1S/C22H31N3OS/c1-3-23-19-13-21(18-7-5-4-6-8-18)26-22(14-19)9-11-25(12-10-22)16-20-15-24-17(2)27-20/h4-8,15,19,21,23H,3,9-14,16H2,1-2H3/t19-,21-/m0/s1. The predicted molar refractivity (Wildman–Crippen MR) is 111 cm³/mol. The number of ether oxygens (including phenoxy) is 1. The Bertz CT molecular complexity index is 724. The molecule has 0 amide bonds. The summed E-state index contributed by atoms with van der Waals surface area (Å²) in [5.41, 5.74) is 1.34. The van der Waals surface area contributed by atoms with E-state index >= 15 is 0 Å². The van der Waals surface area contributed by atoms with Crippen LogP contribution >= 0.6 is 11.3 Å². The first-order valence-electron chi connectivity index (χ1n) is 10.3. The van der Waals surface area contributed by atoms with Crippen molar-refractivity contribution in [2.24, 2.45) is 0 Å². The summed E-state index contributed by atoms with van der Waals surface area (Å²) in [5.74, 6) is 0. The molecule has 1 aromatic carbocycles. The number of rotatable bonds is 5. The Hall–Kier alpha value is -1.27. The molecule has 0 aliphatic carbocycles. The maximum absolute atomic E-state index is 6.80. The Morgan fingerprint density at radius 2 is 2.04 bits per heavy atom. The Morgan fingerprint density at radius 1 is 1.26 bits per heavy atom. The molecule has 1 N–H and O–H groups in total. The van der Waals surface area contributed by atoms with Crippen LogP contribution in [0.4, 0.5) is 0 Å². The van der Waals surface area contributed by atoms with Gasteiger partial charge in [-0.1, -0.05) is 37.3 Å². The molecule has 2 saturated heterocycles. The van der Waals surface area contributed by atoms with Crippen molar-refractivity contribution in [3.63, 3.8) is 0 Å². The van der Waals surface area contributed by atoms with Gasteiger partial charge in [0.15, 0.2) is 0 Å². The molecule has 0 saturated carbocycles. The van der Waals surface area contributed by atoms with E-state index in [1.807, 2.05) is 17.5 Å². The summed E-state index contributed by atoms with van der Waals surface area (Å²) >= 11 is 1.82. The van der Waals surface area contributed by atoms with E-state index in [9.17, 15) is 0 Å². The van der Waals surface area contributed by atoms with Crippen molar-refractivity contribution in [1.82, 2.24) is 15.2 Å². The van der Waals surface area contributed by atoms with Gasteiger partial charge in [-0.15, -0.1) is 11.3 Å². The van der Waals surface area contributed by atoms with Crippen LogP contribution in [0, 0.1) is 6.92 Å².